The minimum atomic E-state index is -0.415. The average Bonchev–Trinajstić information content (AvgIpc) is 3.29. The fraction of sp³-hybridized carbons (Fsp3) is 0.238. The molecule has 0 aliphatic carbocycles. The van der Waals surface area contributed by atoms with Crippen molar-refractivity contribution in [2.45, 2.75) is 20.4 Å². The molecule has 0 unspecified atom stereocenters. The van der Waals surface area contributed by atoms with Gasteiger partial charge < -0.3 is 18.5 Å². The van der Waals surface area contributed by atoms with Crippen molar-refractivity contribution in [2.24, 2.45) is 0 Å². The Balaban J connectivity index is 1.67. The number of carbonyl (C=O) groups is 2. The Bertz CT molecular complexity index is 936. The van der Waals surface area contributed by atoms with Crippen molar-refractivity contribution in [3.63, 3.8) is 0 Å². The number of hydrogen-bond donors (Lipinski definition) is 0. The number of aromatic nitrogens is 1. The van der Waals surface area contributed by atoms with Crippen LogP contribution in [0.5, 0.6) is 5.75 Å². The number of ketones is 1. The van der Waals surface area contributed by atoms with Crippen molar-refractivity contribution >= 4 is 11.8 Å². The van der Waals surface area contributed by atoms with Gasteiger partial charge in [-0.3, -0.25) is 4.79 Å². The van der Waals surface area contributed by atoms with E-state index in [0.29, 0.717) is 23.4 Å². The van der Waals surface area contributed by atoms with E-state index < -0.39 is 5.97 Å². The highest BCUT2D eigenvalue weighted by atomic mass is 16.5. The maximum Gasteiger partial charge on any atom is 0.337 e. The van der Waals surface area contributed by atoms with Gasteiger partial charge in [-0.1, -0.05) is 0 Å². The number of hydrogen-bond acceptors (Lipinski definition) is 5. The van der Waals surface area contributed by atoms with Crippen LogP contribution < -0.4 is 4.74 Å². The summed E-state index contributed by atoms with van der Waals surface area (Å²) in [5.74, 6) is 0.825. The lowest BCUT2D eigenvalue weighted by molar-refractivity contribution is 0.0600. The van der Waals surface area contributed by atoms with Crippen molar-refractivity contribution < 1.29 is 23.5 Å². The first-order valence-corrected chi connectivity index (χ1v) is 8.53. The molecule has 1 aromatic carbocycles. The lowest BCUT2D eigenvalue weighted by atomic mass is 10.1. The van der Waals surface area contributed by atoms with Crippen LogP contribution in [0.3, 0.4) is 0 Å². The number of benzene rings is 1. The molecule has 0 saturated heterocycles. The minimum absolute atomic E-state index is 0.0807. The highest BCUT2D eigenvalue weighted by molar-refractivity contribution is 5.98. The molecule has 3 rings (SSSR count). The number of nitrogens with zero attached hydrogens (tertiary/aromatic N) is 1. The first-order valence-electron chi connectivity index (χ1n) is 8.53. The molecule has 0 radical (unpaired) electrons. The van der Waals surface area contributed by atoms with Crippen LogP contribution in [0.15, 0.2) is 53.1 Å². The van der Waals surface area contributed by atoms with E-state index in [9.17, 15) is 9.59 Å². The van der Waals surface area contributed by atoms with Gasteiger partial charge in [-0.15, -0.1) is 0 Å². The molecule has 6 nitrogen and oxygen atoms in total. The number of ether oxygens (including phenoxy) is 2. The van der Waals surface area contributed by atoms with Crippen LogP contribution in [0.1, 0.15) is 37.9 Å². The lowest BCUT2D eigenvalue weighted by Gasteiger charge is -2.09. The fourth-order valence-electron chi connectivity index (χ4n) is 2.92. The van der Waals surface area contributed by atoms with Crippen LogP contribution in [-0.4, -0.2) is 30.0 Å². The molecule has 0 bridgehead atoms. The first kappa shape index (κ1) is 18.5. The van der Waals surface area contributed by atoms with E-state index in [-0.39, 0.29) is 12.4 Å². The molecule has 2 aromatic heterocycles. The van der Waals surface area contributed by atoms with E-state index >= 15 is 0 Å². The van der Waals surface area contributed by atoms with Crippen LogP contribution >= 0.6 is 0 Å². The second-order valence-corrected chi connectivity index (χ2v) is 6.18. The molecule has 140 valence electrons. The molecule has 2 heterocycles. The highest BCUT2D eigenvalue weighted by Crippen LogP contribution is 2.19. The monoisotopic (exact) mass is 367 g/mol. The Morgan fingerprint density at radius 1 is 1.11 bits per heavy atom. The van der Waals surface area contributed by atoms with Gasteiger partial charge in [-0.2, -0.15) is 0 Å². The second kappa shape index (κ2) is 7.95. The van der Waals surface area contributed by atoms with Crippen LogP contribution in [0.2, 0.25) is 0 Å². The molecule has 0 spiro atoms. The summed E-state index contributed by atoms with van der Waals surface area (Å²) in [6, 6.07) is 12.1. The normalized spacial score (nSPS) is 10.6. The van der Waals surface area contributed by atoms with E-state index in [1.165, 1.54) is 7.11 Å². The Morgan fingerprint density at radius 3 is 2.48 bits per heavy atom. The summed E-state index contributed by atoms with van der Waals surface area (Å²) >= 11 is 0. The van der Waals surface area contributed by atoms with Gasteiger partial charge in [0.05, 0.1) is 25.5 Å². The zero-order chi connectivity index (χ0) is 19.4. The number of methoxy groups -OCH3 is 1. The molecular weight excluding hydrogens is 346 g/mol. The Kier molecular flexibility index (Phi) is 5.45. The van der Waals surface area contributed by atoms with Crippen molar-refractivity contribution in [1.29, 1.82) is 0 Å². The standard InChI is InChI=1S/C21H21NO5/c1-14-11-19(15(2)22(14)12-18-5-4-10-26-18)20(23)13-27-17-8-6-16(7-9-17)21(24)25-3/h4-11H,12-13H2,1-3H3. The summed E-state index contributed by atoms with van der Waals surface area (Å²) in [6.07, 6.45) is 1.63. The lowest BCUT2D eigenvalue weighted by Crippen LogP contribution is -2.13. The summed E-state index contributed by atoms with van der Waals surface area (Å²) in [5.41, 5.74) is 2.91. The minimum Gasteiger partial charge on any atom is -0.485 e. The van der Waals surface area contributed by atoms with Crippen molar-refractivity contribution in [3.8, 4) is 5.75 Å². The van der Waals surface area contributed by atoms with Crippen LogP contribution in [0.25, 0.3) is 0 Å². The number of aryl methyl sites for hydroxylation is 1. The third kappa shape index (κ3) is 4.11. The van der Waals surface area contributed by atoms with E-state index in [4.69, 9.17) is 9.15 Å². The smallest absolute Gasteiger partial charge is 0.337 e. The quantitative estimate of drug-likeness (QED) is 0.469. The molecule has 6 heteroatoms. The first-order chi connectivity index (χ1) is 13.0. The van der Waals surface area contributed by atoms with Gasteiger partial charge in [0.15, 0.2) is 6.61 Å². The summed E-state index contributed by atoms with van der Waals surface area (Å²) in [7, 11) is 1.33. The maximum absolute atomic E-state index is 12.6. The number of carbonyl (C=O) groups excluding carboxylic acids is 2. The van der Waals surface area contributed by atoms with Crippen molar-refractivity contribution in [3.05, 3.63) is 77.0 Å². The predicted molar refractivity (Wildman–Crippen MR) is 99.3 cm³/mol. The summed E-state index contributed by atoms with van der Waals surface area (Å²) in [5, 5.41) is 0. The van der Waals surface area contributed by atoms with Gasteiger partial charge in [-0.25, -0.2) is 4.79 Å². The Hall–Kier alpha value is -3.28. The molecule has 3 aromatic rings. The third-order valence-corrected chi connectivity index (χ3v) is 4.41. The van der Waals surface area contributed by atoms with Gasteiger partial charge in [-0.05, 0) is 56.3 Å². The summed E-state index contributed by atoms with van der Waals surface area (Å²) in [6.45, 7) is 4.36. The maximum atomic E-state index is 12.6. The molecular formula is C21H21NO5. The van der Waals surface area contributed by atoms with Crippen molar-refractivity contribution in [2.75, 3.05) is 13.7 Å². The topological polar surface area (TPSA) is 70.7 Å². The number of furan rings is 1. The van der Waals surface area contributed by atoms with E-state index in [2.05, 4.69) is 4.74 Å². The van der Waals surface area contributed by atoms with Crippen LogP contribution in [0.4, 0.5) is 0 Å². The fourth-order valence-corrected chi connectivity index (χ4v) is 2.92. The highest BCUT2D eigenvalue weighted by Gasteiger charge is 2.17. The Labute approximate surface area is 157 Å². The molecule has 0 fully saturated rings. The molecule has 0 N–H and O–H groups in total. The average molecular weight is 367 g/mol. The van der Waals surface area contributed by atoms with Gasteiger partial charge in [0.2, 0.25) is 5.78 Å². The van der Waals surface area contributed by atoms with Gasteiger partial charge in [0.25, 0.3) is 0 Å². The van der Waals surface area contributed by atoms with Crippen LogP contribution in [-0.2, 0) is 11.3 Å². The van der Waals surface area contributed by atoms with Crippen LogP contribution in [0, 0.1) is 13.8 Å². The van der Waals surface area contributed by atoms with E-state index in [0.717, 1.165) is 17.1 Å². The third-order valence-electron chi connectivity index (χ3n) is 4.41. The Morgan fingerprint density at radius 2 is 1.85 bits per heavy atom. The summed E-state index contributed by atoms with van der Waals surface area (Å²) < 4.78 is 17.7. The molecule has 0 saturated carbocycles. The van der Waals surface area contributed by atoms with Gasteiger partial charge >= 0.3 is 5.97 Å². The number of Topliss-reactive ketones (excluding diaryl/α,β-unsaturated/α-hetero) is 1. The van der Waals surface area contributed by atoms with Crippen molar-refractivity contribution in [1.82, 2.24) is 4.57 Å². The molecule has 0 aliphatic rings. The van der Waals surface area contributed by atoms with E-state index in [1.807, 2.05) is 36.6 Å². The second-order valence-electron chi connectivity index (χ2n) is 6.18. The molecule has 0 amide bonds. The molecule has 27 heavy (non-hydrogen) atoms. The van der Waals surface area contributed by atoms with Gasteiger partial charge in [0.1, 0.15) is 11.5 Å². The molecule has 0 aliphatic heterocycles. The summed E-state index contributed by atoms with van der Waals surface area (Å²) in [4.78, 5) is 24.0. The van der Waals surface area contributed by atoms with Gasteiger partial charge in [0, 0.05) is 17.0 Å². The number of rotatable bonds is 7. The van der Waals surface area contributed by atoms with E-state index in [1.54, 1.807) is 30.5 Å². The largest absolute Gasteiger partial charge is 0.485 e. The SMILES string of the molecule is COC(=O)c1ccc(OCC(=O)c2cc(C)n(Cc3ccco3)c2C)cc1. The number of esters is 1. The predicted octanol–water partition coefficient (Wildman–Crippen LogP) is 3.79. The zero-order valence-corrected chi connectivity index (χ0v) is 15.5. The molecule has 0 atom stereocenters. The zero-order valence-electron chi connectivity index (χ0n) is 15.5.